The van der Waals surface area contributed by atoms with Gasteiger partial charge in [0.1, 0.15) is 7.74 Å². The van der Waals surface area contributed by atoms with Crippen LogP contribution in [0.4, 0.5) is 0 Å². The van der Waals surface area contributed by atoms with Gasteiger partial charge in [-0.3, -0.25) is 0 Å². The number of hydrogen-bond acceptors (Lipinski definition) is 3. The van der Waals surface area contributed by atoms with Gasteiger partial charge in [0, 0.05) is 21.7 Å². The zero-order valence-corrected chi connectivity index (χ0v) is 10.7. The molecule has 0 aromatic heterocycles. The van der Waals surface area contributed by atoms with Crippen molar-refractivity contribution in [1.82, 2.24) is 0 Å². The van der Waals surface area contributed by atoms with E-state index in [1.54, 1.807) is 20.7 Å². The van der Waals surface area contributed by atoms with Gasteiger partial charge >= 0.3 is 11.9 Å². The molecule has 1 rings (SSSR count). The molecular formula is C9H10B2O4Ti. The fourth-order valence-corrected chi connectivity index (χ4v) is 1.30. The van der Waals surface area contributed by atoms with Crippen molar-refractivity contribution in [3.8, 4) is 0 Å². The molecule has 0 fully saturated rings. The van der Waals surface area contributed by atoms with Crippen molar-refractivity contribution in [3.05, 3.63) is 34.9 Å². The van der Waals surface area contributed by atoms with Gasteiger partial charge in [0.15, 0.2) is 0 Å². The molecule has 7 heteroatoms. The Balaban J connectivity index is 0.00000225. The van der Waals surface area contributed by atoms with E-state index in [1.165, 1.54) is 12.1 Å². The van der Waals surface area contributed by atoms with Crippen LogP contribution in [0.1, 0.15) is 26.3 Å². The van der Waals surface area contributed by atoms with Crippen molar-refractivity contribution in [2.45, 2.75) is 6.92 Å². The second-order valence-corrected chi connectivity index (χ2v) is 3.00. The first kappa shape index (κ1) is 15.0. The summed E-state index contributed by atoms with van der Waals surface area (Å²) in [5.74, 6) is -1.53. The molecule has 0 saturated carbocycles. The molecule has 0 saturated heterocycles. The monoisotopic (exact) mass is 252 g/mol. The summed E-state index contributed by atoms with van der Waals surface area (Å²) in [4.78, 5) is 22.2. The van der Waals surface area contributed by atoms with Gasteiger partial charge in [-0.15, -0.1) is 0 Å². The Morgan fingerprint density at radius 3 is 2.44 bits per heavy atom. The van der Waals surface area contributed by atoms with E-state index in [9.17, 15) is 9.59 Å². The molecule has 0 aliphatic rings. The topological polar surface area (TPSA) is 63.6 Å². The van der Waals surface area contributed by atoms with Crippen LogP contribution in [-0.4, -0.2) is 32.2 Å². The molecule has 0 radical (unpaired) electrons. The van der Waals surface area contributed by atoms with Gasteiger partial charge in [-0.25, -0.2) is 9.59 Å². The molecular weight excluding hydrogens is 242 g/mol. The molecule has 1 aromatic carbocycles. The average Bonchev–Trinajstić information content (AvgIpc) is 2.17. The van der Waals surface area contributed by atoms with Crippen molar-refractivity contribution < 1.29 is 41.1 Å². The second kappa shape index (κ2) is 6.56. The van der Waals surface area contributed by atoms with E-state index in [-0.39, 0.29) is 34.7 Å². The predicted molar refractivity (Wildman–Crippen MR) is 59.2 cm³/mol. The molecule has 80 valence electrons. The molecule has 0 aliphatic heterocycles. The standard InChI is InChI=1S/C9H10B2O4.Ti/c1-5-6(8(12)13)3-2-4-7(5)9(14)15-11-10;/h2-4,11H,10H2,1H3,(H,12,13);. The number of aromatic carboxylic acids is 1. The molecule has 0 atom stereocenters. The van der Waals surface area contributed by atoms with Crippen LogP contribution >= 0.6 is 0 Å². The van der Waals surface area contributed by atoms with Crippen LogP contribution in [0, 0.1) is 6.92 Å². The SMILES string of the molecule is BBOC(=O)c1cccc(C(=O)O)c1C.[Ti]. The maximum Gasteiger partial charge on any atom is 0.335 e. The Morgan fingerprint density at radius 1 is 1.38 bits per heavy atom. The number of carboxylic acids is 1. The third kappa shape index (κ3) is 3.25. The normalized spacial score (nSPS) is 8.81. The van der Waals surface area contributed by atoms with E-state index in [1.807, 2.05) is 0 Å². The van der Waals surface area contributed by atoms with Gasteiger partial charge in [-0.2, -0.15) is 0 Å². The number of rotatable bonds is 3. The van der Waals surface area contributed by atoms with Crippen LogP contribution in [0.3, 0.4) is 0 Å². The molecule has 4 nitrogen and oxygen atoms in total. The summed E-state index contributed by atoms with van der Waals surface area (Å²) in [7, 11) is 1.98. The number of benzene rings is 1. The van der Waals surface area contributed by atoms with Gasteiger partial charge in [0.2, 0.25) is 0 Å². The van der Waals surface area contributed by atoms with Crippen molar-refractivity contribution >= 4 is 27.0 Å². The van der Waals surface area contributed by atoms with Crippen molar-refractivity contribution in [2.24, 2.45) is 0 Å². The fourth-order valence-electron chi connectivity index (χ4n) is 1.30. The van der Waals surface area contributed by atoms with Crippen molar-refractivity contribution in [2.75, 3.05) is 0 Å². The number of hydrogen-bond donors (Lipinski definition) is 1. The van der Waals surface area contributed by atoms with E-state index in [2.05, 4.69) is 0 Å². The zero-order valence-electron chi connectivity index (χ0n) is 9.11. The summed E-state index contributed by atoms with van der Waals surface area (Å²) in [5, 5.41) is 8.85. The van der Waals surface area contributed by atoms with Crippen LogP contribution < -0.4 is 0 Å². The molecule has 0 unspecified atom stereocenters. The summed E-state index contributed by atoms with van der Waals surface area (Å²) >= 11 is 0. The van der Waals surface area contributed by atoms with Crippen LogP contribution in [0.25, 0.3) is 0 Å². The number of carbonyl (C=O) groups is 2. The third-order valence-corrected chi connectivity index (χ3v) is 2.06. The minimum absolute atomic E-state index is 0. The van der Waals surface area contributed by atoms with Gasteiger partial charge in [0.05, 0.1) is 11.1 Å². The Hall–Kier alpha value is -0.996. The second-order valence-electron chi connectivity index (χ2n) is 3.00. The predicted octanol–water partition coefficient (Wildman–Crippen LogP) is -0.253. The zero-order chi connectivity index (χ0) is 11.4. The average molecular weight is 252 g/mol. The Kier molecular flexibility index (Phi) is 6.15. The summed E-state index contributed by atoms with van der Waals surface area (Å²) < 4.78 is 4.81. The van der Waals surface area contributed by atoms with E-state index in [4.69, 9.17) is 9.76 Å². The molecule has 0 spiro atoms. The first-order valence-electron chi connectivity index (χ1n) is 4.58. The van der Waals surface area contributed by atoms with E-state index in [0.29, 0.717) is 11.1 Å². The van der Waals surface area contributed by atoms with Crippen LogP contribution in [0.5, 0.6) is 0 Å². The van der Waals surface area contributed by atoms with Crippen LogP contribution in [0.15, 0.2) is 18.2 Å². The van der Waals surface area contributed by atoms with Gasteiger partial charge in [0.25, 0.3) is 7.37 Å². The molecule has 1 N–H and O–H groups in total. The summed E-state index contributed by atoms with van der Waals surface area (Å²) in [6, 6.07) is 4.54. The first-order chi connectivity index (χ1) is 7.07. The molecule has 0 amide bonds. The smallest absolute Gasteiger partial charge is 0.335 e. The van der Waals surface area contributed by atoms with Gasteiger partial charge < -0.3 is 9.76 Å². The van der Waals surface area contributed by atoms with Crippen molar-refractivity contribution in [3.63, 3.8) is 0 Å². The largest absolute Gasteiger partial charge is 0.545 e. The maximum absolute atomic E-state index is 11.4. The van der Waals surface area contributed by atoms with E-state index >= 15 is 0 Å². The fraction of sp³-hybridized carbons (Fsp3) is 0.111. The maximum atomic E-state index is 11.4. The van der Waals surface area contributed by atoms with Gasteiger partial charge in [-0.1, -0.05) is 6.07 Å². The molecule has 0 aliphatic carbocycles. The van der Waals surface area contributed by atoms with Crippen LogP contribution in [0.2, 0.25) is 0 Å². The summed E-state index contributed by atoms with van der Waals surface area (Å²) in [6.45, 7) is 1.59. The molecule has 1 aromatic rings. The molecule has 16 heavy (non-hydrogen) atoms. The van der Waals surface area contributed by atoms with E-state index in [0.717, 1.165) is 0 Å². The van der Waals surface area contributed by atoms with E-state index < -0.39 is 11.9 Å². The first-order valence-corrected chi connectivity index (χ1v) is 4.58. The summed E-state index contributed by atoms with van der Waals surface area (Å²) in [6.07, 6.45) is 0. The Morgan fingerprint density at radius 2 is 1.94 bits per heavy atom. The minimum atomic E-state index is -1.04. The number of carbonyl (C=O) groups excluding carboxylic acids is 1. The van der Waals surface area contributed by atoms with Crippen molar-refractivity contribution in [1.29, 1.82) is 0 Å². The van der Waals surface area contributed by atoms with Crippen LogP contribution in [-0.2, 0) is 26.4 Å². The quantitative estimate of drug-likeness (QED) is 0.753. The Labute approximate surface area is 110 Å². The summed E-state index contributed by atoms with van der Waals surface area (Å²) in [5.41, 5.74) is 0.862. The number of carboxylic acid groups (broad SMARTS) is 1. The Bertz CT molecular complexity index is 408. The van der Waals surface area contributed by atoms with Gasteiger partial charge in [-0.05, 0) is 24.6 Å². The minimum Gasteiger partial charge on any atom is -0.545 e. The molecule has 0 heterocycles. The third-order valence-electron chi connectivity index (χ3n) is 2.06. The molecule has 0 bridgehead atoms.